The molecule has 0 spiro atoms. The van der Waals surface area contributed by atoms with Crippen molar-refractivity contribution in [1.82, 2.24) is 0 Å². The Morgan fingerprint density at radius 3 is 1.96 bits per heavy atom. The van der Waals surface area contributed by atoms with Gasteiger partial charge in [0, 0.05) is 11.4 Å². The van der Waals surface area contributed by atoms with E-state index in [9.17, 15) is 4.79 Å². The normalized spacial score (nSPS) is 10.2. The Morgan fingerprint density at radius 1 is 0.875 bits per heavy atom. The fourth-order valence-electron chi connectivity index (χ4n) is 2.16. The predicted molar refractivity (Wildman–Crippen MR) is 92.5 cm³/mol. The Balaban J connectivity index is 0.00000288. The Hall–Kier alpha value is -1.66. The first-order valence-electron chi connectivity index (χ1n) is 6.89. The van der Waals surface area contributed by atoms with Crippen LogP contribution in [0, 0.1) is 0 Å². The van der Waals surface area contributed by atoms with E-state index in [1.165, 1.54) is 14.2 Å². The van der Waals surface area contributed by atoms with Crippen LogP contribution in [-0.2, 0) is 0 Å². The van der Waals surface area contributed by atoms with Crippen LogP contribution in [0.2, 0.25) is 0 Å². The zero-order valence-electron chi connectivity index (χ0n) is 15.5. The van der Waals surface area contributed by atoms with Gasteiger partial charge in [0.2, 0.25) is 0 Å². The van der Waals surface area contributed by atoms with Crippen molar-refractivity contribution in [3.63, 3.8) is 0 Å². The van der Waals surface area contributed by atoms with Crippen molar-refractivity contribution >= 4 is 19.4 Å². The number of hydrogen-bond donors (Lipinski definition) is 0. The summed E-state index contributed by atoms with van der Waals surface area (Å²) in [6.07, 6.45) is 0. The van der Waals surface area contributed by atoms with Crippen LogP contribution in [0.4, 0.5) is 0 Å². The summed E-state index contributed by atoms with van der Waals surface area (Å²) in [4.78, 5) is 12.8. The summed E-state index contributed by atoms with van der Waals surface area (Å²) in [6.45, 7) is 0. The maximum Gasteiger partial charge on any atom is 1.00 e. The molecule has 0 aliphatic heterocycles. The maximum atomic E-state index is 12.8. The van der Waals surface area contributed by atoms with Gasteiger partial charge in [0.05, 0.1) is 28.4 Å². The van der Waals surface area contributed by atoms with Crippen molar-refractivity contribution in [2.75, 3.05) is 28.4 Å². The van der Waals surface area contributed by atoms with E-state index in [4.69, 9.17) is 18.9 Å². The van der Waals surface area contributed by atoms with E-state index in [0.29, 0.717) is 28.6 Å². The molecule has 0 fully saturated rings. The first-order valence-corrected chi connectivity index (χ1v) is 7.89. The Kier molecular flexibility index (Phi) is 8.14. The van der Waals surface area contributed by atoms with E-state index in [1.807, 2.05) is 6.07 Å². The van der Waals surface area contributed by atoms with Crippen molar-refractivity contribution in [2.24, 2.45) is 0 Å². The molecule has 5 nitrogen and oxygen atoms in total. The molecule has 0 aliphatic carbocycles. The largest absolute Gasteiger partial charge is 1.00 e. The van der Waals surface area contributed by atoms with Crippen molar-refractivity contribution in [1.29, 1.82) is 0 Å². The topological polar surface area (TPSA) is 54.0 Å². The quantitative estimate of drug-likeness (QED) is 0.523. The molecule has 1 atom stereocenters. The second kappa shape index (κ2) is 9.59. The molecule has 1 unspecified atom stereocenters. The molecule has 2 aromatic carbocycles. The summed E-state index contributed by atoms with van der Waals surface area (Å²) in [5.41, 5.74) is 0.358. The van der Waals surface area contributed by atoms with E-state index in [2.05, 4.69) is 0 Å². The van der Waals surface area contributed by atoms with Gasteiger partial charge in [0.1, 0.15) is 28.6 Å². The summed E-state index contributed by atoms with van der Waals surface area (Å²) >= 11 is 0. The van der Waals surface area contributed by atoms with E-state index < -0.39 is 0 Å². The number of ether oxygens (including phenoxy) is 4. The monoisotopic (exact) mass is 342 g/mol. The average molecular weight is 342 g/mol. The van der Waals surface area contributed by atoms with Crippen LogP contribution >= 0.6 is 8.58 Å². The van der Waals surface area contributed by atoms with E-state index in [-0.39, 0.29) is 34.4 Å². The summed E-state index contributed by atoms with van der Waals surface area (Å²) in [7, 11) is 6.09. The van der Waals surface area contributed by atoms with Gasteiger partial charge in [-0.1, -0.05) is 6.07 Å². The van der Waals surface area contributed by atoms with E-state index >= 15 is 0 Å². The van der Waals surface area contributed by atoms with Crippen LogP contribution < -0.4 is 43.1 Å². The summed E-state index contributed by atoms with van der Waals surface area (Å²) in [5, 5.41) is 0.797. The van der Waals surface area contributed by atoms with Crippen LogP contribution in [0.3, 0.4) is 0 Å². The molecular formula is C17H20LiO5P. The van der Waals surface area contributed by atoms with Crippen LogP contribution in [0.15, 0.2) is 36.4 Å². The molecule has 0 aliphatic rings. The Bertz CT molecular complexity index is 689. The van der Waals surface area contributed by atoms with Crippen molar-refractivity contribution in [2.45, 2.75) is 0 Å². The van der Waals surface area contributed by atoms with Gasteiger partial charge in [-0.15, -0.1) is 0 Å². The second-order valence-electron chi connectivity index (χ2n) is 4.56. The first-order chi connectivity index (χ1) is 11.1. The van der Waals surface area contributed by atoms with Gasteiger partial charge < -0.3 is 20.4 Å². The maximum absolute atomic E-state index is 12.8. The molecule has 0 heterocycles. The number of carbonyl (C=O) groups is 1. The van der Waals surface area contributed by atoms with Gasteiger partial charge in [-0.2, -0.15) is 0 Å². The second-order valence-corrected chi connectivity index (χ2v) is 5.80. The first kappa shape index (κ1) is 20.4. The summed E-state index contributed by atoms with van der Waals surface area (Å²) < 4.78 is 21.1. The number of rotatable bonds is 7. The average Bonchev–Trinajstić information content (AvgIpc) is 2.60. The van der Waals surface area contributed by atoms with Gasteiger partial charge in [-0.25, -0.2) is 0 Å². The molecule has 2 rings (SSSR count). The SMILES string of the molecule is COc1ccc(PC(=O)c2c(OC)cccc2OC)c(OC)c1.[H-].[Li+]. The number of carbonyl (C=O) groups excluding carboxylic acids is 1. The third kappa shape index (κ3) is 4.45. The third-order valence-corrected chi connectivity index (χ3v) is 4.47. The molecule has 0 amide bonds. The molecule has 0 aromatic heterocycles. The molecule has 0 bridgehead atoms. The smallest absolute Gasteiger partial charge is 1.00 e. The van der Waals surface area contributed by atoms with Crippen LogP contribution in [0.25, 0.3) is 0 Å². The zero-order valence-corrected chi connectivity index (χ0v) is 15.5. The van der Waals surface area contributed by atoms with Crippen molar-refractivity contribution < 1.29 is 44.0 Å². The van der Waals surface area contributed by atoms with Gasteiger partial charge >= 0.3 is 18.9 Å². The minimum Gasteiger partial charge on any atom is -1.00 e. The fraction of sp³-hybridized carbons (Fsp3) is 0.235. The van der Waals surface area contributed by atoms with E-state index in [1.54, 1.807) is 44.6 Å². The van der Waals surface area contributed by atoms with Crippen molar-refractivity contribution in [3.05, 3.63) is 42.0 Å². The minimum atomic E-state index is -0.122. The Morgan fingerprint density at radius 2 is 1.46 bits per heavy atom. The van der Waals surface area contributed by atoms with Gasteiger partial charge in [0.15, 0.2) is 5.52 Å². The molecule has 0 saturated carbocycles. The number of methoxy groups -OCH3 is 4. The molecule has 0 radical (unpaired) electrons. The number of hydrogen-bond acceptors (Lipinski definition) is 5. The molecule has 0 N–H and O–H groups in total. The Labute approximate surface area is 157 Å². The predicted octanol–water partition coefficient (Wildman–Crippen LogP) is -0.0183. The fourth-order valence-corrected chi connectivity index (χ4v) is 3.24. The van der Waals surface area contributed by atoms with Crippen LogP contribution in [0.1, 0.15) is 11.8 Å². The van der Waals surface area contributed by atoms with Crippen molar-refractivity contribution in [3.8, 4) is 23.0 Å². The molecule has 0 saturated heterocycles. The summed E-state index contributed by atoms with van der Waals surface area (Å²) in [6, 6.07) is 10.7. The van der Waals surface area contributed by atoms with E-state index in [0.717, 1.165) is 5.30 Å². The number of benzene rings is 2. The molecule has 2 aromatic rings. The van der Waals surface area contributed by atoms with Gasteiger partial charge in [0.25, 0.3) is 0 Å². The van der Waals surface area contributed by atoms with Crippen LogP contribution in [0.5, 0.6) is 23.0 Å². The van der Waals surface area contributed by atoms with Crippen LogP contribution in [-0.4, -0.2) is 34.0 Å². The molecule has 7 heteroatoms. The minimum absolute atomic E-state index is 0. The van der Waals surface area contributed by atoms with Gasteiger partial charge in [-0.3, -0.25) is 4.79 Å². The molecular weight excluding hydrogens is 322 g/mol. The molecule has 124 valence electrons. The van der Waals surface area contributed by atoms with Gasteiger partial charge in [-0.05, 0) is 32.8 Å². The molecule has 24 heavy (non-hydrogen) atoms. The summed E-state index contributed by atoms with van der Waals surface area (Å²) in [5.74, 6) is 2.28. The standard InChI is InChI=1S/C17H19O5P.Li.H/c1-19-11-8-9-15(14(10-11)22-4)23-17(18)16-12(20-2)6-5-7-13(16)21-3;;/h5-10,23H,1-4H3;;/q;+1;-1. The third-order valence-electron chi connectivity index (χ3n) is 3.31. The zero-order chi connectivity index (χ0) is 16.8.